The van der Waals surface area contributed by atoms with Crippen molar-refractivity contribution >= 4 is 49.6 Å². The second-order valence-corrected chi connectivity index (χ2v) is 15.5. The molecule has 0 saturated carbocycles. The number of hydrogen-bond acceptors (Lipinski definition) is 2. The van der Waals surface area contributed by atoms with Crippen LogP contribution in [0.3, 0.4) is 0 Å². The third-order valence-corrected chi connectivity index (χ3v) is 12.1. The van der Waals surface area contributed by atoms with E-state index in [4.69, 9.17) is 4.98 Å². The Kier molecular flexibility index (Phi) is 7.85. The standard InChI is InChI=1S/C57H37N3/c1-5-17-38(18-6-1)41-23-15-24-44(35-41)55-47-28-14-13-27-46(47)54(39-19-7-2-8-20-39)48-33-31-42(36-49(48)55)43-32-34-51-53(37-43)59(45-25-11-4-12-26-45)52-30-16-29-50-56(52)60(51)57(58-50)40-21-9-3-10-22-40/h1-37H. The van der Waals surface area contributed by atoms with Gasteiger partial charge in [-0.15, -0.1) is 0 Å². The molecular weight excluding hydrogens is 727 g/mol. The first-order valence-corrected chi connectivity index (χ1v) is 20.6. The second-order valence-electron chi connectivity index (χ2n) is 15.5. The van der Waals surface area contributed by atoms with E-state index < -0.39 is 0 Å². The highest BCUT2D eigenvalue weighted by Crippen LogP contribution is 2.50. The van der Waals surface area contributed by atoms with Crippen molar-refractivity contribution in [3.63, 3.8) is 0 Å². The maximum atomic E-state index is 5.25. The summed E-state index contributed by atoms with van der Waals surface area (Å²) in [4.78, 5) is 7.66. The molecule has 0 bridgehead atoms. The average Bonchev–Trinajstić information content (AvgIpc) is 3.72. The number of fused-ring (bicyclic) bond motifs is 4. The van der Waals surface area contributed by atoms with Crippen LogP contribution in [0.1, 0.15) is 0 Å². The molecule has 12 rings (SSSR count). The third kappa shape index (κ3) is 5.40. The number of rotatable bonds is 6. The molecule has 0 fully saturated rings. The Morgan fingerprint density at radius 1 is 0.300 bits per heavy atom. The fourth-order valence-corrected chi connectivity index (χ4v) is 9.43. The molecule has 0 amide bonds. The molecular formula is C57H37N3. The lowest BCUT2D eigenvalue weighted by Crippen LogP contribution is -2.18. The average molecular weight is 764 g/mol. The minimum absolute atomic E-state index is 0.938. The van der Waals surface area contributed by atoms with E-state index in [1.54, 1.807) is 0 Å². The zero-order chi connectivity index (χ0) is 39.6. The molecule has 1 aliphatic rings. The topological polar surface area (TPSA) is 21.1 Å². The van der Waals surface area contributed by atoms with Gasteiger partial charge in [0, 0.05) is 11.3 Å². The summed E-state index contributed by atoms with van der Waals surface area (Å²) in [5.41, 5.74) is 17.2. The van der Waals surface area contributed by atoms with Crippen LogP contribution in [0.5, 0.6) is 0 Å². The van der Waals surface area contributed by atoms with Crippen LogP contribution in [0.25, 0.3) is 94.2 Å². The van der Waals surface area contributed by atoms with Crippen LogP contribution in [0.15, 0.2) is 224 Å². The molecule has 0 atom stereocenters. The highest BCUT2D eigenvalue weighted by atomic mass is 15.2. The Morgan fingerprint density at radius 3 is 1.57 bits per heavy atom. The van der Waals surface area contributed by atoms with E-state index in [0.29, 0.717) is 0 Å². The summed E-state index contributed by atoms with van der Waals surface area (Å²) in [6.07, 6.45) is 0. The summed E-state index contributed by atoms with van der Waals surface area (Å²) in [6.45, 7) is 0. The van der Waals surface area contributed by atoms with Crippen LogP contribution in [0.2, 0.25) is 0 Å². The Balaban J connectivity index is 1.12. The Hall–Kier alpha value is -8.01. The number of hydrogen-bond donors (Lipinski definition) is 0. The minimum Gasteiger partial charge on any atom is -0.306 e. The zero-order valence-corrected chi connectivity index (χ0v) is 32.7. The van der Waals surface area contributed by atoms with Crippen LogP contribution in [-0.4, -0.2) is 9.55 Å². The zero-order valence-electron chi connectivity index (χ0n) is 32.7. The molecule has 1 aromatic heterocycles. The maximum Gasteiger partial charge on any atom is 0.145 e. The van der Waals surface area contributed by atoms with E-state index in [-0.39, 0.29) is 0 Å². The van der Waals surface area contributed by atoms with Gasteiger partial charge >= 0.3 is 0 Å². The Labute approximate surface area is 348 Å². The molecule has 10 aromatic carbocycles. The van der Waals surface area contributed by atoms with Gasteiger partial charge < -0.3 is 4.90 Å². The van der Waals surface area contributed by atoms with Gasteiger partial charge in [-0.05, 0) is 115 Å². The second kappa shape index (κ2) is 13.8. The van der Waals surface area contributed by atoms with E-state index in [0.717, 1.165) is 56.3 Å². The number of imidazole rings is 1. The van der Waals surface area contributed by atoms with E-state index in [2.05, 4.69) is 234 Å². The smallest absolute Gasteiger partial charge is 0.145 e. The van der Waals surface area contributed by atoms with E-state index in [1.807, 2.05) is 0 Å². The lowest BCUT2D eigenvalue weighted by atomic mass is 9.84. The van der Waals surface area contributed by atoms with Crippen molar-refractivity contribution in [2.75, 3.05) is 4.90 Å². The van der Waals surface area contributed by atoms with Gasteiger partial charge in [-0.1, -0.05) is 176 Å². The highest BCUT2D eigenvalue weighted by Gasteiger charge is 2.30. The van der Waals surface area contributed by atoms with Crippen molar-refractivity contribution < 1.29 is 0 Å². The predicted octanol–water partition coefficient (Wildman–Crippen LogP) is 15.5. The van der Waals surface area contributed by atoms with Crippen molar-refractivity contribution in [2.24, 2.45) is 0 Å². The molecule has 11 aromatic rings. The van der Waals surface area contributed by atoms with Crippen molar-refractivity contribution in [2.45, 2.75) is 0 Å². The molecule has 0 unspecified atom stereocenters. The summed E-state index contributed by atoms with van der Waals surface area (Å²) in [5, 5.41) is 4.94. The number of aromatic nitrogens is 2. The molecule has 60 heavy (non-hydrogen) atoms. The SMILES string of the molecule is c1ccc(-c2cccc(-c3c4ccccc4c(-c4ccccc4)c4ccc(-c5ccc6c(c5)N(c5ccccc5)c5cccc7nc(-c8ccccc8)n-6c57)cc34)c2)cc1. The van der Waals surface area contributed by atoms with Crippen molar-refractivity contribution in [3.8, 4) is 61.6 Å². The van der Waals surface area contributed by atoms with E-state index in [1.165, 1.54) is 54.9 Å². The van der Waals surface area contributed by atoms with Gasteiger partial charge in [0.05, 0.1) is 28.1 Å². The van der Waals surface area contributed by atoms with Crippen molar-refractivity contribution in [1.29, 1.82) is 0 Å². The van der Waals surface area contributed by atoms with Gasteiger partial charge in [0.2, 0.25) is 0 Å². The highest BCUT2D eigenvalue weighted by molar-refractivity contribution is 6.22. The van der Waals surface area contributed by atoms with Crippen LogP contribution in [0, 0.1) is 0 Å². The predicted molar refractivity (Wildman–Crippen MR) is 252 cm³/mol. The van der Waals surface area contributed by atoms with Gasteiger partial charge in [0.25, 0.3) is 0 Å². The fourth-order valence-electron chi connectivity index (χ4n) is 9.43. The molecule has 3 nitrogen and oxygen atoms in total. The van der Waals surface area contributed by atoms with Crippen LogP contribution < -0.4 is 4.90 Å². The van der Waals surface area contributed by atoms with Crippen molar-refractivity contribution in [3.05, 3.63) is 224 Å². The van der Waals surface area contributed by atoms with Crippen molar-refractivity contribution in [1.82, 2.24) is 9.55 Å². The summed E-state index contributed by atoms with van der Waals surface area (Å²) < 4.78 is 2.36. The summed E-state index contributed by atoms with van der Waals surface area (Å²) in [5.74, 6) is 0.938. The first kappa shape index (κ1) is 34.1. The van der Waals surface area contributed by atoms with Crippen LogP contribution in [-0.2, 0) is 0 Å². The Morgan fingerprint density at radius 2 is 0.833 bits per heavy atom. The molecule has 0 radical (unpaired) electrons. The largest absolute Gasteiger partial charge is 0.306 e. The van der Waals surface area contributed by atoms with E-state index >= 15 is 0 Å². The van der Waals surface area contributed by atoms with E-state index in [9.17, 15) is 0 Å². The molecule has 280 valence electrons. The number of nitrogens with zero attached hydrogens (tertiary/aromatic N) is 3. The number of para-hydroxylation sites is 2. The van der Waals surface area contributed by atoms with Crippen LogP contribution in [0.4, 0.5) is 17.1 Å². The molecule has 0 aliphatic carbocycles. The Bertz CT molecular complexity index is 3410. The first-order chi connectivity index (χ1) is 29.8. The molecule has 0 spiro atoms. The van der Waals surface area contributed by atoms with Gasteiger partial charge in [-0.2, -0.15) is 0 Å². The van der Waals surface area contributed by atoms with Crippen LogP contribution >= 0.6 is 0 Å². The molecule has 1 aliphatic heterocycles. The molecule has 0 saturated heterocycles. The molecule has 3 heteroatoms. The lowest BCUT2D eigenvalue weighted by Gasteiger charge is -2.33. The molecule has 2 heterocycles. The van der Waals surface area contributed by atoms with Gasteiger partial charge in [0.1, 0.15) is 5.82 Å². The first-order valence-electron chi connectivity index (χ1n) is 20.6. The number of benzene rings is 10. The monoisotopic (exact) mass is 763 g/mol. The molecule has 0 N–H and O–H groups in total. The maximum absolute atomic E-state index is 5.25. The normalized spacial score (nSPS) is 12.0. The fraction of sp³-hybridized carbons (Fsp3) is 0. The lowest BCUT2D eigenvalue weighted by molar-refractivity contribution is 1.06. The third-order valence-electron chi connectivity index (χ3n) is 12.1. The van der Waals surface area contributed by atoms with Gasteiger partial charge in [-0.25, -0.2) is 4.98 Å². The number of anilines is 3. The van der Waals surface area contributed by atoms with Gasteiger partial charge in [-0.3, -0.25) is 4.57 Å². The van der Waals surface area contributed by atoms with Gasteiger partial charge in [0.15, 0.2) is 0 Å². The quantitative estimate of drug-likeness (QED) is 0.157. The summed E-state index contributed by atoms with van der Waals surface area (Å²) in [7, 11) is 0. The minimum atomic E-state index is 0.938. The summed E-state index contributed by atoms with van der Waals surface area (Å²) >= 11 is 0. The summed E-state index contributed by atoms with van der Waals surface area (Å²) in [6, 6.07) is 81.2.